The second-order valence-electron chi connectivity index (χ2n) is 3.92. The first-order valence-corrected chi connectivity index (χ1v) is 3.76. The summed E-state index contributed by atoms with van der Waals surface area (Å²) in [6.45, 7) is 6.92. The number of hydrogen-bond acceptors (Lipinski definition) is 0. The lowest BCUT2D eigenvalue weighted by Gasteiger charge is -2.27. The molecule has 0 fully saturated rings. The minimum absolute atomic E-state index is 0. The third kappa shape index (κ3) is 2.55. The van der Waals surface area contributed by atoms with Gasteiger partial charge in [0.15, 0.2) is 0 Å². The van der Waals surface area contributed by atoms with E-state index in [2.05, 4.69) is 26.8 Å². The van der Waals surface area contributed by atoms with Crippen molar-refractivity contribution in [1.29, 1.82) is 0 Å². The van der Waals surface area contributed by atoms with Crippen LogP contribution in [0.4, 0.5) is 0 Å². The van der Waals surface area contributed by atoms with Crippen LogP contribution in [0.15, 0.2) is 11.6 Å². The van der Waals surface area contributed by atoms with Crippen LogP contribution < -0.4 is 0 Å². The molecule has 0 nitrogen and oxygen atoms in total. The monoisotopic (exact) mass is 140 g/mol. The van der Waals surface area contributed by atoms with E-state index in [1.165, 1.54) is 19.3 Å². The van der Waals surface area contributed by atoms with Gasteiger partial charge < -0.3 is 0 Å². The van der Waals surface area contributed by atoms with Crippen LogP contribution in [0.5, 0.6) is 0 Å². The zero-order chi connectivity index (χ0) is 6.91. The number of hydrogen-bond donors (Lipinski definition) is 0. The lowest BCUT2D eigenvalue weighted by atomic mass is 9.79. The average Bonchev–Trinajstić information content (AvgIpc) is 1.78. The Balaban J connectivity index is 0.000000810. The fourth-order valence-corrected chi connectivity index (χ4v) is 1.19. The molecule has 0 spiro atoms. The van der Waals surface area contributed by atoms with Crippen molar-refractivity contribution >= 4 is 0 Å². The summed E-state index contributed by atoms with van der Waals surface area (Å²) >= 11 is 0. The zero-order valence-electron chi connectivity index (χ0n) is 6.70. The molecule has 0 bridgehead atoms. The first-order valence-electron chi connectivity index (χ1n) is 3.76. The third-order valence-electron chi connectivity index (χ3n) is 2.20. The van der Waals surface area contributed by atoms with E-state index < -0.39 is 0 Å². The molecular formula is C10H20. The quantitative estimate of drug-likeness (QED) is 0.449. The molecule has 0 radical (unpaired) electrons. The maximum absolute atomic E-state index is 2.38. The Morgan fingerprint density at radius 1 is 1.40 bits per heavy atom. The van der Waals surface area contributed by atoms with Crippen molar-refractivity contribution < 1.29 is 0 Å². The molecule has 0 aromatic carbocycles. The van der Waals surface area contributed by atoms with Crippen LogP contribution in [0.3, 0.4) is 0 Å². The molecule has 1 aliphatic carbocycles. The first-order chi connectivity index (χ1) is 4.10. The molecule has 0 atom stereocenters. The Labute approximate surface area is 65.3 Å². The van der Waals surface area contributed by atoms with Crippen LogP contribution in [0, 0.1) is 5.41 Å². The summed E-state index contributed by atoms with van der Waals surface area (Å²) in [5.74, 6) is 0. The fraction of sp³-hybridized carbons (Fsp3) is 0.800. The maximum atomic E-state index is 2.38. The second kappa shape index (κ2) is 3.23. The van der Waals surface area contributed by atoms with Crippen LogP contribution in [0.1, 0.15) is 47.5 Å². The Hall–Kier alpha value is -0.260. The van der Waals surface area contributed by atoms with Crippen LogP contribution in [0.25, 0.3) is 0 Å². The summed E-state index contributed by atoms with van der Waals surface area (Å²) in [6.07, 6.45) is 6.34. The van der Waals surface area contributed by atoms with Gasteiger partial charge in [0.05, 0.1) is 0 Å². The molecular weight excluding hydrogens is 120 g/mol. The Bertz CT molecular complexity index is 129. The van der Waals surface area contributed by atoms with Gasteiger partial charge in [-0.05, 0) is 31.6 Å². The summed E-state index contributed by atoms with van der Waals surface area (Å²) in [7, 11) is 0. The van der Waals surface area contributed by atoms with Crippen LogP contribution in [-0.4, -0.2) is 0 Å². The Morgan fingerprint density at radius 3 is 2.30 bits per heavy atom. The van der Waals surface area contributed by atoms with E-state index in [1.54, 1.807) is 5.57 Å². The predicted molar refractivity (Wildman–Crippen MR) is 48.1 cm³/mol. The lowest BCUT2D eigenvalue weighted by molar-refractivity contribution is 0.325. The largest absolute Gasteiger partial charge is 0.0851 e. The van der Waals surface area contributed by atoms with Crippen molar-refractivity contribution in [3.05, 3.63) is 11.6 Å². The molecule has 0 N–H and O–H groups in total. The van der Waals surface area contributed by atoms with Crippen LogP contribution in [-0.2, 0) is 0 Å². The first kappa shape index (κ1) is 9.74. The van der Waals surface area contributed by atoms with Gasteiger partial charge in [0, 0.05) is 0 Å². The summed E-state index contributed by atoms with van der Waals surface area (Å²) in [5, 5.41) is 0. The van der Waals surface area contributed by atoms with E-state index in [0.29, 0.717) is 5.41 Å². The van der Waals surface area contributed by atoms with Crippen molar-refractivity contribution in [3.63, 3.8) is 0 Å². The normalized spacial score (nSPS) is 22.9. The van der Waals surface area contributed by atoms with E-state index in [1.807, 2.05) is 0 Å². The number of rotatable bonds is 0. The van der Waals surface area contributed by atoms with Crippen molar-refractivity contribution in [1.82, 2.24) is 0 Å². The van der Waals surface area contributed by atoms with Crippen LogP contribution in [0.2, 0.25) is 0 Å². The lowest BCUT2D eigenvalue weighted by Crippen LogP contribution is -2.13. The standard InChI is InChI=1S/C9H16.CH4/c1-8-4-6-9(2,3)7-5-8;/h4H,5-7H2,1-3H3;1H4. The highest BCUT2D eigenvalue weighted by Crippen LogP contribution is 2.33. The predicted octanol–water partition coefficient (Wildman–Crippen LogP) is 3.78. The minimum Gasteiger partial charge on any atom is -0.0851 e. The van der Waals surface area contributed by atoms with Crippen molar-refractivity contribution in [2.24, 2.45) is 5.41 Å². The van der Waals surface area contributed by atoms with Gasteiger partial charge in [-0.1, -0.05) is 32.9 Å². The van der Waals surface area contributed by atoms with Gasteiger partial charge in [-0.3, -0.25) is 0 Å². The van der Waals surface area contributed by atoms with E-state index in [-0.39, 0.29) is 7.43 Å². The minimum atomic E-state index is 0. The van der Waals surface area contributed by atoms with E-state index >= 15 is 0 Å². The highest BCUT2D eigenvalue weighted by molar-refractivity contribution is 5.04. The number of allylic oxidation sites excluding steroid dienone is 2. The summed E-state index contributed by atoms with van der Waals surface area (Å²) < 4.78 is 0. The van der Waals surface area contributed by atoms with E-state index in [0.717, 1.165) is 0 Å². The van der Waals surface area contributed by atoms with Gasteiger partial charge in [-0.2, -0.15) is 0 Å². The SMILES string of the molecule is C.CC1=CCC(C)(C)CC1. The summed E-state index contributed by atoms with van der Waals surface area (Å²) in [4.78, 5) is 0. The average molecular weight is 140 g/mol. The van der Waals surface area contributed by atoms with Gasteiger partial charge in [-0.15, -0.1) is 0 Å². The van der Waals surface area contributed by atoms with Crippen molar-refractivity contribution in [2.45, 2.75) is 47.5 Å². The highest BCUT2D eigenvalue weighted by atomic mass is 14.2. The van der Waals surface area contributed by atoms with E-state index in [4.69, 9.17) is 0 Å². The smallest absolute Gasteiger partial charge is 0.0296 e. The molecule has 0 saturated carbocycles. The van der Waals surface area contributed by atoms with Gasteiger partial charge in [0.25, 0.3) is 0 Å². The Kier molecular flexibility index (Phi) is 3.14. The molecule has 0 heteroatoms. The van der Waals surface area contributed by atoms with Gasteiger partial charge in [-0.25, -0.2) is 0 Å². The molecule has 1 rings (SSSR count). The van der Waals surface area contributed by atoms with Gasteiger partial charge in [0.2, 0.25) is 0 Å². The fourth-order valence-electron chi connectivity index (χ4n) is 1.19. The maximum Gasteiger partial charge on any atom is -0.0296 e. The topological polar surface area (TPSA) is 0 Å². The highest BCUT2D eigenvalue weighted by Gasteiger charge is 2.19. The van der Waals surface area contributed by atoms with Gasteiger partial charge in [0.1, 0.15) is 0 Å². The second-order valence-corrected chi connectivity index (χ2v) is 3.92. The molecule has 0 unspecified atom stereocenters. The van der Waals surface area contributed by atoms with Crippen LogP contribution >= 0.6 is 0 Å². The molecule has 0 aliphatic heterocycles. The molecule has 0 aromatic heterocycles. The molecule has 60 valence electrons. The molecule has 0 heterocycles. The molecule has 0 amide bonds. The summed E-state index contributed by atoms with van der Waals surface area (Å²) in [5.41, 5.74) is 2.16. The third-order valence-corrected chi connectivity index (χ3v) is 2.20. The van der Waals surface area contributed by atoms with Crippen molar-refractivity contribution in [2.75, 3.05) is 0 Å². The molecule has 0 saturated heterocycles. The Morgan fingerprint density at radius 2 is 2.00 bits per heavy atom. The zero-order valence-corrected chi connectivity index (χ0v) is 6.70. The molecule has 1 aliphatic rings. The summed E-state index contributed by atoms with van der Waals surface area (Å²) in [6, 6.07) is 0. The molecule has 0 aromatic rings. The van der Waals surface area contributed by atoms with Crippen molar-refractivity contribution in [3.8, 4) is 0 Å². The molecule has 10 heavy (non-hydrogen) atoms. The van der Waals surface area contributed by atoms with Gasteiger partial charge >= 0.3 is 0 Å². The van der Waals surface area contributed by atoms with E-state index in [9.17, 15) is 0 Å².